The van der Waals surface area contributed by atoms with Crippen LogP contribution in [0, 0.1) is 0 Å². The number of benzene rings is 1. The number of rotatable bonds is 7. The molecule has 1 aromatic rings. The predicted molar refractivity (Wildman–Crippen MR) is 105 cm³/mol. The highest BCUT2D eigenvalue weighted by Gasteiger charge is 2.45. The maximum Gasteiger partial charge on any atom is 0.327 e. The van der Waals surface area contributed by atoms with Gasteiger partial charge in [0.15, 0.2) is 8.32 Å². The number of imide groups is 1. The summed E-state index contributed by atoms with van der Waals surface area (Å²) in [6.45, 7) is 12.5. The third-order valence-corrected chi connectivity index (χ3v) is 10.2. The van der Waals surface area contributed by atoms with Crippen LogP contribution in [0.1, 0.15) is 61.3 Å². The Bertz CT molecular complexity index is 718. The predicted octanol–water partition coefficient (Wildman–Crippen LogP) is 3.93. The summed E-state index contributed by atoms with van der Waals surface area (Å²) in [4.78, 5) is 38.2. The zero-order valence-electron chi connectivity index (χ0n) is 16.9. The van der Waals surface area contributed by atoms with Gasteiger partial charge in [-0.15, -0.1) is 0 Å². The zero-order chi connectivity index (χ0) is 20.6. The van der Waals surface area contributed by atoms with Crippen molar-refractivity contribution in [3.8, 4) is 0 Å². The van der Waals surface area contributed by atoms with Crippen LogP contribution in [0.15, 0.2) is 24.3 Å². The van der Waals surface area contributed by atoms with Crippen molar-refractivity contribution in [2.24, 2.45) is 0 Å². The molecule has 0 saturated heterocycles. The van der Waals surface area contributed by atoms with Crippen LogP contribution in [0.25, 0.3) is 0 Å². The SMILES string of the molecule is CCC(CC(C(=O)O)N1C(=O)c2ccccc2C1=O)O[Si](C)(C)C(C)(C)C. The van der Waals surface area contributed by atoms with Crippen LogP contribution in [0.2, 0.25) is 18.1 Å². The molecule has 2 atom stereocenters. The van der Waals surface area contributed by atoms with E-state index in [1.54, 1.807) is 24.3 Å². The Labute approximate surface area is 161 Å². The van der Waals surface area contributed by atoms with Crippen LogP contribution in [-0.2, 0) is 9.22 Å². The lowest BCUT2D eigenvalue weighted by Gasteiger charge is -2.40. The first-order valence-electron chi connectivity index (χ1n) is 9.28. The molecular weight excluding hydrogens is 362 g/mol. The largest absolute Gasteiger partial charge is 0.480 e. The van der Waals surface area contributed by atoms with Gasteiger partial charge in [-0.3, -0.25) is 14.5 Å². The van der Waals surface area contributed by atoms with Gasteiger partial charge in [-0.1, -0.05) is 39.8 Å². The molecule has 0 aliphatic carbocycles. The summed E-state index contributed by atoms with van der Waals surface area (Å²) in [5.74, 6) is -2.29. The van der Waals surface area contributed by atoms with Crippen LogP contribution in [0.4, 0.5) is 0 Å². The molecule has 0 fully saturated rings. The van der Waals surface area contributed by atoms with Gasteiger partial charge in [0.2, 0.25) is 0 Å². The van der Waals surface area contributed by atoms with Gasteiger partial charge >= 0.3 is 5.97 Å². The Morgan fingerprint density at radius 2 is 1.63 bits per heavy atom. The van der Waals surface area contributed by atoms with Gasteiger partial charge in [0.25, 0.3) is 11.8 Å². The molecule has 6 nitrogen and oxygen atoms in total. The van der Waals surface area contributed by atoms with E-state index in [0.29, 0.717) is 6.42 Å². The number of hydrogen-bond acceptors (Lipinski definition) is 4. The van der Waals surface area contributed by atoms with E-state index in [0.717, 1.165) is 4.90 Å². The molecule has 1 aromatic carbocycles. The highest BCUT2D eigenvalue weighted by atomic mass is 28.4. The Balaban J connectivity index is 2.27. The molecule has 1 heterocycles. The van der Waals surface area contributed by atoms with Crippen LogP contribution < -0.4 is 0 Å². The van der Waals surface area contributed by atoms with Crippen molar-refractivity contribution in [3.63, 3.8) is 0 Å². The standard InChI is InChI=1S/C20H29NO5Si/c1-7-13(26-27(5,6)20(2,3)4)12-16(19(24)25)21-17(22)14-10-8-9-11-15(14)18(21)23/h8-11,13,16H,7,12H2,1-6H3,(H,24,25). The number of carboxylic acids is 1. The van der Waals surface area contributed by atoms with Crippen molar-refractivity contribution in [1.29, 1.82) is 0 Å². The van der Waals surface area contributed by atoms with Gasteiger partial charge in [0.05, 0.1) is 11.1 Å². The third-order valence-electron chi connectivity index (χ3n) is 5.63. The lowest BCUT2D eigenvalue weighted by molar-refractivity contribution is -0.142. The van der Waals surface area contributed by atoms with E-state index in [-0.39, 0.29) is 28.7 Å². The number of amides is 2. The molecule has 27 heavy (non-hydrogen) atoms. The average Bonchev–Trinajstić information content (AvgIpc) is 2.82. The van der Waals surface area contributed by atoms with Gasteiger partial charge in [0, 0.05) is 12.5 Å². The molecule has 7 heteroatoms. The van der Waals surface area contributed by atoms with E-state index < -0.39 is 32.1 Å². The molecular formula is C20H29NO5Si. The van der Waals surface area contributed by atoms with Crippen molar-refractivity contribution in [2.45, 2.75) is 70.8 Å². The molecule has 148 valence electrons. The Kier molecular flexibility index (Phi) is 5.96. The maximum atomic E-state index is 12.7. The maximum absolute atomic E-state index is 12.7. The van der Waals surface area contributed by atoms with Crippen LogP contribution in [-0.4, -0.2) is 48.3 Å². The fourth-order valence-corrected chi connectivity index (χ4v) is 4.40. The first kappa shape index (κ1) is 21.3. The van der Waals surface area contributed by atoms with Crippen LogP contribution >= 0.6 is 0 Å². The summed E-state index contributed by atoms with van der Waals surface area (Å²) in [6, 6.07) is 5.19. The summed E-state index contributed by atoms with van der Waals surface area (Å²) < 4.78 is 6.37. The second-order valence-electron chi connectivity index (χ2n) is 8.52. The molecule has 0 spiro atoms. The minimum absolute atomic E-state index is 0.0192. The van der Waals surface area contributed by atoms with E-state index in [1.165, 1.54) is 0 Å². The fourth-order valence-electron chi connectivity index (χ4n) is 2.95. The first-order valence-corrected chi connectivity index (χ1v) is 12.2. The molecule has 0 aromatic heterocycles. The van der Waals surface area contributed by atoms with Crippen molar-refractivity contribution in [3.05, 3.63) is 35.4 Å². The Morgan fingerprint density at radius 1 is 1.15 bits per heavy atom. The molecule has 2 amide bonds. The highest BCUT2D eigenvalue weighted by Crippen LogP contribution is 2.38. The summed E-state index contributed by atoms with van der Waals surface area (Å²) >= 11 is 0. The minimum atomic E-state index is -2.11. The lowest BCUT2D eigenvalue weighted by Crippen LogP contribution is -2.49. The van der Waals surface area contributed by atoms with Gasteiger partial charge in [0.1, 0.15) is 6.04 Å². The minimum Gasteiger partial charge on any atom is -0.480 e. The quantitative estimate of drug-likeness (QED) is 0.562. The Hall–Kier alpha value is -1.99. The summed E-state index contributed by atoms with van der Waals surface area (Å²) in [5, 5.41) is 9.74. The highest BCUT2D eigenvalue weighted by molar-refractivity contribution is 6.74. The first-order chi connectivity index (χ1) is 12.4. The molecule has 1 aliphatic heterocycles. The average molecular weight is 392 g/mol. The zero-order valence-corrected chi connectivity index (χ0v) is 17.9. The van der Waals surface area contributed by atoms with Gasteiger partial charge in [-0.25, -0.2) is 4.79 Å². The molecule has 0 radical (unpaired) electrons. The number of carbonyl (C=O) groups is 3. The van der Waals surface area contributed by atoms with Crippen molar-refractivity contribution in [1.82, 2.24) is 4.90 Å². The van der Waals surface area contributed by atoms with E-state index in [4.69, 9.17) is 4.43 Å². The number of carboxylic acid groups (broad SMARTS) is 1. The fraction of sp³-hybridized carbons (Fsp3) is 0.550. The molecule has 2 unspecified atom stereocenters. The second kappa shape index (κ2) is 7.56. The van der Waals surface area contributed by atoms with Crippen LogP contribution in [0.3, 0.4) is 0 Å². The molecule has 1 aliphatic rings. The molecule has 0 saturated carbocycles. The van der Waals surface area contributed by atoms with E-state index in [9.17, 15) is 19.5 Å². The second-order valence-corrected chi connectivity index (χ2v) is 13.3. The monoisotopic (exact) mass is 391 g/mol. The van der Waals surface area contributed by atoms with Crippen molar-refractivity contribution >= 4 is 26.1 Å². The normalized spacial score (nSPS) is 17.0. The van der Waals surface area contributed by atoms with Crippen molar-refractivity contribution < 1.29 is 23.9 Å². The molecule has 1 N–H and O–H groups in total. The molecule has 0 bridgehead atoms. The number of aliphatic carboxylic acids is 1. The lowest BCUT2D eigenvalue weighted by atomic mass is 10.1. The van der Waals surface area contributed by atoms with Gasteiger partial charge in [-0.05, 0) is 36.7 Å². The number of carbonyl (C=O) groups excluding carboxylic acids is 2. The van der Waals surface area contributed by atoms with Crippen LogP contribution in [0.5, 0.6) is 0 Å². The summed E-state index contributed by atoms with van der Waals surface area (Å²) in [5.41, 5.74) is 0.513. The number of hydrogen-bond donors (Lipinski definition) is 1. The topological polar surface area (TPSA) is 83.9 Å². The smallest absolute Gasteiger partial charge is 0.327 e. The van der Waals surface area contributed by atoms with Gasteiger partial charge in [-0.2, -0.15) is 0 Å². The summed E-state index contributed by atoms with van der Waals surface area (Å²) in [7, 11) is -2.11. The number of nitrogens with zero attached hydrogens (tertiary/aromatic N) is 1. The number of fused-ring (bicyclic) bond motifs is 1. The van der Waals surface area contributed by atoms with Gasteiger partial charge < -0.3 is 9.53 Å². The summed E-state index contributed by atoms with van der Waals surface area (Å²) in [6.07, 6.45) is 0.361. The molecule has 2 rings (SSSR count). The van der Waals surface area contributed by atoms with E-state index >= 15 is 0 Å². The van der Waals surface area contributed by atoms with E-state index in [2.05, 4.69) is 33.9 Å². The Morgan fingerprint density at radius 3 is 2.00 bits per heavy atom. The van der Waals surface area contributed by atoms with Crippen molar-refractivity contribution in [2.75, 3.05) is 0 Å². The third kappa shape index (κ3) is 4.14. The van der Waals surface area contributed by atoms with E-state index in [1.807, 2.05) is 6.92 Å².